The smallest absolute Gasteiger partial charge is 0.322 e. The molecule has 4 rings (SSSR count). The lowest BCUT2D eigenvalue weighted by Crippen LogP contribution is -2.46. The van der Waals surface area contributed by atoms with Gasteiger partial charge in [0.15, 0.2) is 0 Å². The molecular formula is C24H21Cl2N3O5. The molecule has 2 heterocycles. The summed E-state index contributed by atoms with van der Waals surface area (Å²) < 4.78 is 10.8. The number of ether oxygens (including phenoxy) is 1. The SMILES string of the molecule is CCOc1ccc(N2C(=O)C[C@@H](N(Cc3ccco3)C(=O)Nc3ccc(Cl)c(Cl)c3)C2=O)cc1. The van der Waals surface area contributed by atoms with Crippen molar-refractivity contribution < 1.29 is 23.5 Å². The largest absolute Gasteiger partial charge is 0.494 e. The molecule has 0 aliphatic carbocycles. The lowest BCUT2D eigenvalue weighted by molar-refractivity contribution is -0.122. The number of nitrogens with one attached hydrogen (secondary N) is 1. The van der Waals surface area contributed by atoms with Gasteiger partial charge in [-0.05, 0) is 61.5 Å². The summed E-state index contributed by atoms with van der Waals surface area (Å²) in [6, 6.07) is 13.0. The average molecular weight is 502 g/mol. The van der Waals surface area contributed by atoms with Gasteiger partial charge >= 0.3 is 6.03 Å². The maximum atomic E-state index is 13.3. The minimum atomic E-state index is -1.02. The van der Waals surface area contributed by atoms with Crippen LogP contribution in [-0.2, 0) is 16.1 Å². The standard InChI is InChI=1S/C24H21Cl2N3O5/c1-2-33-17-8-6-16(7-9-17)29-22(30)13-21(23(29)31)28(14-18-4-3-11-34-18)24(32)27-15-5-10-19(25)20(26)12-15/h3-12,21H,2,13-14H2,1H3,(H,27,32)/t21-/m1/s1. The Labute approximate surface area is 206 Å². The fraction of sp³-hybridized carbons (Fsp3) is 0.208. The van der Waals surface area contributed by atoms with E-state index in [0.29, 0.717) is 34.5 Å². The molecule has 1 atom stereocenters. The first-order chi connectivity index (χ1) is 16.4. The average Bonchev–Trinajstić information content (AvgIpc) is 3.43. The van der Waals surface area contributed by atoms with Gasteiger partial charge in [-0.1, -0.05) is 23.2 Å². The minimum Gasteiger partial charge on any atom is -0.494 e. The number of urea groups is 1. The van der Waals surface area contributed by atoms with Gasteiger partial charge in [0.1, 0.15) is 17.6 Å². The first kappa shape index (κ1) is 23.7. The lowest BCUT2D eigenvalue weighted by Gasteiger charge is -2.27. The number of carbonyl (C=O) groups excluding carboxylic acids is 3. The molecule has 2 aromatic carbocycles. The molecule has 1 aromatic heterocycles. The normalized spacial score (nSPS) is 15.5. The molecular weight excluding hydrogens is 481 g/mol. The molecule has 1 N–H and O–H groups in total. The third kappa shape index (κ3) is 5.03. The summed E-state index contributed by atoms with van der Waals surface area (Å²) >= 11 is 12.0. The Morgan fingerprint density at radius 3 is 2.56 bits per heavy atom. The van der Waals surface area contributed by atoms with Crippen LogP contribution < -0.4 is 15.0 Å². The van der Waals surface area contributed by atoms with Gasteiger partial charge in [-0.2, -0.15) is 0 Å². The minimum absolute atomic E-state index is 0.0129. The molecule has 1 saturated heterocycles. The Hall–Kier alpha value is -3.49. The topological polar surface area (TPSA) is 92.1 Å². The van der Waals surface area contributed by atoms with Crippen molar-refractivity contribution in [3.63, 3.8) is 0 Å². The summed E-state index contributed by atoms with van der Waals surface area (Å²) in [5, 5.41) is 3.33. The third-order valence-electron chi connectivity index (χ3n) is 5.24. The number of amides is 4. The van der Waals surface area contributed by atoms with E-state index in [9.17, 15) is 14.4 Å². The highest BCUT2D eigenvalue weighted by atomic mass is 35.5. The van der Waals surface area contributed by atoms with E-state index in [-0.39, 0.29) is 18.0 Å². The van der Waals surface area contributed by atoms with Crippen LogP contribution in [0.4, 0.5) is 16.2 Å². The number of hydrogen-bond acceptors (Lipinski definition) is 5. The van der Waals surface area contributed by atoms with E-state index in [2.05, 4.69) is 5.32 Å². The van der Waals surface area contributed by atoms with E-state index in [4.69, 9.17) is 32.4 Å². The fourth-order valence-electron chi connectivity index (χ4n) is 3.65. The number of imide groups is 1. The van der Waals surface area contributed by atoms with Gasteiger partial charge in [-0.25, -0.2) is 9.69 Å². The zero-order chi connectivity index (χ0) is 24.2. The van der Waals surface area contributed by atoms with Crippen LogP contribution in [0.1, 0.15) is 19.1 Å². The van der Waals surface area contributed by atoms with Crippen molar-refractivity contribution in [3.8, 4) is 5.75 Å². The van der Waals surface area contributed by atoms with Crippen molar-refractivity contribution >= 4 is 52.4 Å². The lowest BCUT2D eigenvalue weighted by atomic mass is 10.2. The number of hydrogen-bond donors (Lipinski definition) is 1. The first-order valence-electron chi connectivity index (χ1n) is 10.5. The Balaban J connectivity index is 1.59. The number of rotatable bonds is 7. The molecule has 8 nitrogen and oxygen atoms in total. The second-order valence-electron chi connectivity index (χ2n) is 7.48. The first-order valence-corrected chi connectivity index (χ1v) is 11.3. The number of furan rings is 1. The Morgan fingerprint density at radius 1 is 1.15 bits per heavy atom. The van der Waals surface area contributed by atoms with Crippen LogP contribution in [0.25, 0.3) is 0 Å². The van der Waals surface area contributed by atoms with Crippen molar-refractivity contribution in [1.29, 1.82) is 0 Å². The number of nitrogens with zero attached hydrogens (tertiary/aromatic N) is 2. The maximum absolute atomic E-state index is 13.3. The van der Waals surface area contributed by atoms with Gasteiger partial charge in [0.2, 0.25) is 5.91 Å². The van der Waals surface area contributed by atoms with E-state index in [0.717, 1.165) is 4.90 Å². The Bertz CT molecular complexity index is 1200. The van der Waals surface area contributed by atoms with Gasteiger partial charge in [-0.15, -0.1) is 0 Å². The van der Waals surface area contributed by atoms with Crippen LogP contribution in [0.5, 0.6) is 5.75 Å². The monoisotopic (exact) mass is 501 g/mol. The highest BCUT2D eigenvalue weighted by molar-refractivity contribution is 6.42. The second-order valence-corrected chi connectivity index (χ2v) is 8.29. The van der Waals surface area contributed by atoms with Crippen molar-refractivity contribution in [2.45, 2.75) is 25.9 Å². The third-order valence-corrected chi connectivity index (χ3v) is 5.98. The molecule has 1 fully saturated rings. The molecule has 0 unspecified atom stereocenters. The second kappa shape index (κ2) is 10.2. The molecule has 3 aromatic rings. The van der Waals surface area contributed by atoms with Crippen LogP contribution in [0, 0.1) is 0 Å². The van der Waals surface area contributed by atoms with E-state index < -0.39 is 23.9 Å². The summed E-state index contributed by atoms with van der Waals surface area (Å²) in [7, 11) is 0. The molecule has 34 heavy (non-hydrogen) atoms. The summed E-state index contributed by atoms with van der Waals surface area (Å²) in [6.45, 7) is 2.35. The van der Waals surface area contributed by atoms with Gasteiger partial charge in [0, 0.05) is 5.69 Å². The molecule has 0 spiro atoms. The molecule has 4 amide bonds. The zero-order valence-corrected chi connectivity index (χ0v) is 19.7. The molecule has 0 bridgehead atoms. The predicted molar refractivity (Wildman–Crippen MR) is 128 cm³/mol. The fourth-order valence-corrected chi connectivity index (χ4v) is 3.95. The highest BCUT2D eigenvalue weighted by Gasteiger charge is 2.44. The summed E-state index contributed by atoms with van der Waals surface area (Å²) in [5.41, 5.74) is 0.799. The van der Waals surface area contributed by atoms with Crippen molar-refractivity contribution in [2.75, 3.05) is 16.8 Å². The Kier molecular flexibility index (Phi) is 7.09. The highest BCUT2D eigenvalue weighted by Crippen LogP contribution is 2.30. The van der Waals surface area contributed by atoms with Crippen molar-refractivity contribution in [3.05, 3.63) is 76.7 Å². The molecule has 176 valence electrons. The van der Waals surface area contributed by atoms with Crippen molar-refractivity contribution in [2.24, 2.45) is 0 Å². The van der Waals surface area contributed by atoms with Crippen LogP contribution in [0.2, 0.25) is 10.0 Å². The van der Waals surface area contributed by atoms with Gasteiger partial charge < -0.3 is 19.4 Å². The van der Waals surface area contributed by atoms with Gasteiger partial charge in [0.05, 0.1) is 41.6 Å². The van der Waals surface area contributed by atoms with E-state index in [1.807, 2.05) is 6.92 Å². The molecule has 0 radical (unpaired) electrons. The predicted octanol–water partition coefficient (Wildman–Crippen LogP) is 5.35. The maximum Gasteiger partial charge on any atom is 0.322 e. The molecule has 1 aliphatic heterocycles. The number of carbonyl (C=O) groups is 3. The molecule has 10 heteroatoms. The van der Waals surface area contributed by atoms with Crippen molar-refractivity contribution in [1.82, 2.24) is 4.90 Å². The van der Waals surface area contributed by atoms with Gasteiger partial charge in [0.25, 0.3) is 5.91 Å². The van der Waals surface area contributed by atoms with Gasteiger partial charge in [-0.3, -0.25) is 9.59 Å². The van der Waals surface area contributed by atoms with E-state index in [1.54, 1.807) is 48.5 Å². The van der Waals surface area contributed by atoms with E-state index >= 15 is 0 Å². The number of anilines is 2. The number of halogens is 2. The van der Waals surface area contributed by atoms with Crippen LogP contribution >= 0.6 is 23.2 Å². The summed E-state index contributed by atoms with van der Waals surface area (Å²) in [5.74, 6) is 0.169. The van der Waals surface area contributed by atoms with Crippen LogP contribution in [0.3, 0.4) is 0 Å². The number of benzene rings is 2. The molecule has 1 aliphatic rings. The quantitative estimate of drug-likeness (QED) is 0.440. The summed E-state index contributed by atoms with van der Waals surface area (Å²) in [6.07, 6.45) is 1.31. The summed E-state index contributed by atoms with van der Waals surface area (Å²) in [4.78, 5) is 41.8. The van der Waals surface area contributed by atoms with Crippen LogP contribution in [-0.4, -0.2) is 35.4 Å². The van der Waals surface area contributed by atoms with Crippen LogP contribution in [0.15, 0.2) is 65.3 Å². The van der Waals surface area contributed by atoms with E-state index in [1.165, 1.54) is 17.2 Å². The Morgan fingerprint density at radius 2 is 1.91 bits per heavy atom. The molecule has 0 saturated carbocycles. The zero-order valence-electron chi connectivity index (χ0n) is 18.2.